The van der Waals surface area contributed by atoms with E-state index in [1.165, 1.54) is 12.7 Å². The van der Waals surface area contributed by atoms with Crippen molar-refractivity contribution in [3.63, 3.8) is 0 Å². The number of carbonyl (C=O) groups excluding carboxylic acids is 1. The molecule has 3 rings (SSSR count). The maximum absolute atomic E-state index is 12.3. The molecule has 7 heteroatoms. The first-order valence-corrected chi connectivity index (χ1v) is 10.9. The van der Waals surface area contributed by atoms with Crippen LogP contribution in [0.25, 0.3) is 0 Å². The summed E-state index contributed by atoms with van der Waals surface area (Å²) in [6.45, 7) is 3.26. The highest BCUT2D eigenvalue weighted by atomic mass is 35.5. The number of ether oxygens (including phenoxy) is 2. The zero-order valence-electron chi connectivity index (χ0n) is 17.8. The van der Waals surface area contributed by atoms with Crippen LogP contribution in [-0.2, 0) is 11.3 Å². The van der Waals surface area contributed by atoms with E-state index in [0.29, 0.717) is 36.5 Å². The van der Waals surface area contributed by atoms with E-state index in [1.807, 2.05) is 12.1 Å². The van der Waals surface area contributed by atoms with Gasteiger partial charge in [-0.05, 0) is 49.1 Å². The second kappa shape index (κ2) is 11.6. The third kappa shape index (κ3) is 7.16. The minimum atomic E-state index is 0.0616. The average Bonchev–Trinajstić information content (AvgIpc) is 2.79. The van der Waals surface area contributed by atoms with Crippen molar-refractivity contribution >= 4 is 17.5 Å². The maximum Gasteiger partial charge on any atom is 0.220 e. The van der Waals surface area contributed by atoms with Crippen molar-refractivity contribution < 1.29 is 14.3 Å². The number of benzene rings is 2. The van der Waals surface area contributed by atoms with E-state index >= 15 is 0 Å². The van der Waals surface area contributed by atoms with Crippen LogP contribution < -0.4 is 14.8 Å². The molecule has 1 heterocycles. The van der Waals surface area contributed by atoms with Gasteiger partial charge in [-0.15, -0.1) is 0 Å². The van der Waals surface area contributed by atoms with E-state index in [2.05, 4.69) is 28.4 Å². The van der Waals surface area contributed by atoms with Gasteiger partial charge in [-0.1, -0.05) is 23.7 Å². The first-order chi connectivity index (χ1) is 15.1. The number of nitrogens with one attached hydrogen (secondary N) is 1. The average molecular weight is 442 g/mol. The fourth-order valence-electron chi connectivity index (χ4n) is 3.65. The number of rotatable bonds is 9. The Morgan fingerprint density at radius 1 is 1.19 bits per heavy atom. The lowest BCUT2D eigenvalue weighted by Gasteiger charge is -2.32. The number of nitriles is 1. The standard InChI is InChI=1S/C24H28ClN3O3/c1-30-23-15-19(16-26)6-9-22(23)31-14-2-3-24(29)27-21-10-12-28(13-11-21)17-18-4-7-20(25)8-5-18/h4-9,15,21H,2-3,10-14,17H2,1H3,(H,27,29). The monoisotopic (exact) mass is 441 g/mol. The first-order valence-electron chi connectivity index (χ1n) is 10.5. The topological polar surface area (TPSA) is 74.6 Å². The molecule has 0 spiro atoms. The molecule has 1 N–H and O–H groups in total. The van der Waals surface area contributed by atoms with Crippen LogP contribution in [0, 0.1) is 11.3 Å². The third-order valence-electron chi connectivity index (χ3n) is 5.37. The minimum absolute atomic E-state index is 0.0616. The molecule has 0 saturated carbocycles. The molecule has 0 atom stereocenters. The maximum atomic E-state index is 12.3. The Morgan fingerprint density at radius 2 is 1.94 bits per heavy atom. The molecule has 1 aliphatic heterocycles. The van der Waals surface area contributed by atoms with Crippen LogP contribution in [0.2, 0.25) is 5.02 Å². The summed E-state index contributed by atoms with van der Waals surface area (Å²) in [5, 5.41) is 12.9. The van der Waals surface area contributed by atoms with Crippen LogP contribution in [0.3, 0.4) is 0 Å². The van der Waals surface area contributed by atoms with Crippen LogP contribution in [0.15, 0.2) is 42.5 Å². The molecule has 31 heavy (non-hydrogen) atoms. The molecular weight excluding hydrogens is 414 g/mol. The lowest BCUT2D eigenvalue weighted by Crippen LogP contribution is -2.44. The molecule has 2 aromatic carbocycles. The van der Waals surface area contributed by atoms with Gasteiger partial charge in [0.05, 0.1) is 25.3 Å². The number of likely N-dealkylation sites (tertiary alicyclic amines) is 1. The predicted molar refractivity (Wildman–Crippen MR) is 120 cm³/mol. The van der Waals surface area contributed by atoms with E-state index in [4.69, 9.17) is 26.3 Å². The van der Waals surface area contributed by atoms with Crippen molar-refractivity contribution in [1.29, 1.82) is 5.26 Å². The highest BCUT2D eigenvalue weighted by Crippen LogP contribution is 2.28. The van der Waals surface area contributed by atoms with Crippen molar-refractivity contribution in [2.45, 2.75) is 38.3 Å². The van der Waals surface area contributed by atoms with Gasteiger partial charge in [-0.25, -0.2) is 0 Å². The molecule has 1 saturated heterocycles. The molecule has 0 radical (unpaired) electrons. The zero-order chi connectivity index (χ0) is 22.1. The van der Waals surface area contributed by atoms with Crippen molar-refractivity contribution in [1.82, 2.24) is 10.2 Å². The van der Waals surface area contributed by atoms with Gasteiger partial charge in [0.1, 0.15) is 0 Å². The Hall–Kier alpha value is -2.75. The van der Waals surface area contributed by atoms with Gasteiger partial charge < -0.3 is 14.8 Å². The number of methoxy groups -OCH3 is 1. The Morgan fingerprint density at radius 3 is 2.61 bits per heavy atom. The largest absolute Gasteiger partial charge is 0.493 e. The molecule has 0 aliphatic carbocycles. The van der Waals surface area contributed by atoms with Gasteiger partial charge in [0.2, 0.25) is 5.91 Å². The van der Waals surface area contributed by atoms with Gasteiger partial charge >= 0.3 is 0 Å². The summed E-state index contributed by atoms with van der Waals surface area (Å²) in [5.74, 6) is 1.16. The molecule has 0 aromatic heterocycles. The Labute approximate surface area is 188 Å². The van der Waals surface area contributed by atoms with Crippen LogP contribution in [0.4, 0.5) is 0 Å². The number of halogens is 1. The summed E-state index contributed by atoms with van der Waals surface area (Å²) in [6.07, 6.45) is 2.95. The van der Waals surface area contributed by atoms with E-state index < -0.39 is 0 Å². The van der Waals surface area contributed by atoms with E-state index in [9.17, 15) is 4.79 Å². The van der Waals surface area contributed by atoms with Crippen molar-refractivity contribution in [3.8, 4) is 17.6 Å². The summed E-state index contributed by atoms with van der Waals surface area (Å²) < 4.78 is 11.0. The van der Waals surface area contributed by atoms with Crippen LogP contribution in [0.5, 0.6) is 11.5 Å². The summed E-state index contributed by atoms with van der Waals surface area (Å²) in [6, 6.07) is 15.3. The Balaban J connectivity index is 1.33. The van der Waals surface area contributed by atoms with Gasteiger partial charge in [-0.2, -0.15) is 5.26 Å². The molecular formula is C24H28ClN3O3. The summed E-state index contributed by atoms with van der Waals surface area (Å²) in [4.78, 5) is 14.7. The highest BCUT2D eigenvalue weighted by Gasteiger charge is 2.20. The minimum Gasteiger partial charge on any atom is -0.493 e. The van der Waals surface area contributed by atoms with Gasteiger partial charge in [-0.3, -0.25) is 9.69 Å². The predicted octanol–water partition coefficient (Wildman–Crippen LogP) is 4.16. The molecule has 1 fully saturated rings. The molecule has 1 amide bonds. The summed E-state index contributed by atoms with van der Waals surface area (Å²) in [7, 11) is 1.54. The van der Waals surface area contributed by atoms with Gasteiger partial charge in [0, 0.05) is 43.2 Å². The number of piperidine rings is 1. The molecule has 2 aromatic rings. The first kappa shape index (κ1) is 22.9. The second-order valence-corrected chi connectivity index (χ2v) is 8.11. The molecule has 0 bridgehead atoms. The summed E-state index contributed by atoms with van der Waals surface area (Å²) in [5.41, 5.74) is 1.77. The van der Waals surface area contributed by atoms with E-state index in [-0.39, 0.29) is 11.9 Å². The summed E-state index contributed by atoms with van der Waals surface area (Å²) >= 11 is 5.95. The number of amides is 1. The van der Waals surface area contributed by atoms with E-state index in [0.717, 1.165) is 37.5 Å². The van der Waals surface area contributed by atoms with Crippen molar-refractivity contribution in [2.24, 2.45) is 0 Å². The number of carbonyl (C=O) groups is 1. The van der Waals surface area contributed by atoms with Crippen LogP contribution in [-0.4, -0.2) is 43.7 Å². The Bertz CT molecular complexity index is 903. The number of hydrogen-bond donors (Lipinski definition) is 1. The third-order valence-corrected chi connectivity index (χ3v) is 5.62. The SMILES string of the molecule is COc1cc(C#N)ccc1OCCCC(=O)NC1CCN(Cc2ccc(Cl)cc2)CC1. The molecule has 1 aliphatic rings. The molecule has 0 unspecified atom stereocenters. The fraction of sp³-hybridized carbons (Fsp3) is 0.417. The zero-order valence-corrected chi connectivity index (χ0v) is 18.5. The smallest absolute Gasteiger partial charge is 0.220 e. The van der Waals surface area contributed by atoms with Gasteiger partial charge in [0.15, 0.2) is 11.5 Å². The second-order valence-electron chi connectivity index (χ2n) is 7.67. The highest BCUT2D eigenvalue weighted by molar-refractivity contribution is 6.30. The Kier molecular flexibility index (Phi) is 8.57. The molecule has 164 valence electrons. The van der Waals surface area contributed by atoms with Crippen LogP contribution >= 0.6 is 11.6 Å². The van der Waals surface area contributed by atoms with Gasteiger partial charge in [0.25, 0.3) is 0 Å². The number of nitrogens with zero attached hydrogens (tertiary/aromatic N) is 2. The quantitative estimate of drug-likeness (QED) is 0.591. The normalized spacial score (nSPS) is 14.6. The fourth-order valence-corrected chi connectivity index (χ4v) is 3.78. The molecule has 6 nitrogen and oxygen atoms in total. The van der Waals surface area contributed by atoms with Crippen molar-refractivity contribution in [3.05, 3.63) is 58.6 Å². The number of hydrogen-bond acceptors (Lipinski definition) is 5. The lowest BCUT2D eigenvalue weighted by molar-refractivity contribution is -0.122. The van der Waals surface area contributed by atoms with Crippen LogP contribution in [0.1, 0.15) is 36.8 Å². The van der Waals surface area contributed by atoms with E-state index in [1.54, 1.807) is 18.2 Å². The van der Waals surface area contributed by atoms with Crippen molar-refractivity contribution in [2.75, 3.05) is 26.8 Å². The lowest BCUT2D eigenvalue weighted by atomic mass is 10.0.